The van der Waals surface area contributed by atoms with E-state index in [4.69, 9.17) is 14.6 Å². The lowest BCUT2D eigenvalue weighted by Crippen LogP contribution is -2.44. The van der Waals surface area contributed by atoms with Crippen molar-refractivity contribution in [1.82, 2.24) is 9.91 Å². The molecule has 2 aliphatic rings. The van der Waals surface area contributed by atoms with Gasteiger partial charge < -0.3 is 9.47 Å². The van der Waals surface area contributed by atoms with Crippen LogP contribution in [0.3, 0.4) is 0 Å². The molecule has 4 rings (SSSR count). The lowest BCUT2D eigenvalue weighted by Gasteiger charge is -2.32. The van der Waals surface area contributed by atoms with E-state index >= 15 is 0 Å². The number of likely N-dealkylation sites (tertiary alicyclic amines) is 1. The maximum absolute atomic E-state index is 13.6. The lowest BCUT2D eigenvalue weighted by molar-refractivity contribution is -0.150. The van der Waals surface area contributed by atoms with Gasteiger partial charge in [0.25, 0.3) is 5.91 Å². The van der Waals surface area contributed by atoms with Crippen molar-refractivity contribution in [3.63, 3.8) is 0 Å². The van der Waals surface area contributed by atoms with Crippen LogP contribution in [0.5, 0.6) is 5.75 Å². The van der Waals surface area contributed by atoms with Crippen LogP contribution in [0.15, 0.2) is 47.6 Å². The summed E-state index contributed by atoms with van der Waals surface area (Å²) in [5.41, 5.74) is 5.28. The Balaban J connectivity index is 1.59. The minimum atomic E-state index is -0.210. The summed E-state index contributed by atoms with van der Waals surface area (Å²) in [6.07, 6.45) is 2.30. The summed E-state index contributed by atoms with van der Waals surface area (Å²) in [6, 6.07) is 14.0. The number of piperidine rings is 1. The van der Waals surface area contributed by atoms with Crippen molar-refractivity contribution in [2.24, 2.45) is 11.0 Å². The molecule has 2 heterocycles. The Labute approximate surface area is 207 Å². The van der Waals surface area contributed by atoms with Crippen molar-refractivity contribution < 1.29 is 19.1 Å². The van der Waals surface area contributed by atoms with Gasteiger partial charge in [0.15, 0.2) is 0 Å². The van der Waals surface area contributed by atoms with Gasteiger partial charge in [-0.2, -0.15) is 5.10 Å². The van der Waals surface area contributed by atoms with Gasteiger partial charge in [0, 0.05) is 18.5 Å². The van der Waals surface area contributed by atoms with E-state index in [1.807, 2.05) is 31.2 Å². The van der Waals surface area contributed by atoms with Crippen molar-refractivity contribution in [2.75, 3.05) is 33.4 Å². The fraction of sp³-hybridized carbons (Fsp3) is 0.464. The minimum absolute atomic E-state index is 0.0670. The number of esters is 1. The SMILES string of the molecule is CCOC(=O)[C@H]1CCCN(CC(=O)N2N=C(c3cc(C)ccc3C)C[C@H]2c2cccc(OC)c2)C1. The number of nitrogens with zero attached hydrogens (tertiary/aromatic N) is 3. The zero-order chi connectivity index (χ0) is 24.9. The molecular formula is C28H35N3O4. The zero-order valence-electron chi connectivity index (χ0n) is 21.1. The highest BCUT2D eigenvalue weighted by Gasteiger charge is 2.35. The molecule has 0 unspecified atom stereocenters. The summed E-state index contributed by atoms with van der Waals surface area (Å²) in [5.74, 6) is 0.333. The highest BCUT2D eigenvalue weighted by Crippen LogP contribution is 2.35. The van der Waals surface area contributed by atoms with Crippen LogP contribution in [0.2, 0.25) is 0 Å². The average molecular weight is 478 g/mol. The molecule has 2 aromatic carbocycles. The van der Waals surface area contributed by atoms with Crippen molar-refractivity contribution in [3.8, 4) is 5.75 Å². The summed E-state index contributed by atoms with van der Waals surface area (Å²) in [4.78, 5) is 27.9. The number of rotatable bonds is 7. The molecule has 7 nitrogen and oxygen atoms in total. The van der Waals surface area contributed by atoms with Crippen LogP contribution in [0.1, 0.15) is 54.5 Å². The first-order chi connectivity index (χ1) is 16.9. The smallest absolute Gasteiger partial charge is 0.310 e. The van der Waals surface area contributed by atoms with Crippen LogP contribution < -0.4 is 4.74 Å². The quantitative estimate of drug-likeness (QED) is 0.557. The molecule has 1 amide bonds. The van der Waals surface area contributed by atoms with Crippen molar-refractivity contribution in [3.05, 3.63) is 64.7 Å². The molecule has 2 aromatic rings. The average Bonchev–Trinajstić information content (AvgIpc) is 3.31. The Morgan fingerprint density at radius 3 is 2.74 bits per heavy atom. The fourth-order valence-corrected chi connectivity index (χ4v) is 4.97. The Morgan fingerprint density at radius 2 is 1.97 bits per heavy atom. The molecule has 2 aliphatic heterocycles. The van der Waals surface area contributed by atoms with E-state index in [0.717, 1.165) is 53.1 Å². The van der Waals surface area contributed by atoms with Crippen LogP contribution in [0.4, 0.5) is 0 Å². The molecule has 0 radical (unpaired) electrons. The first-order valence-corrected chi connectivity index (χ1v) is 12.4. The van der Waals surface area contributed by atoms with E-state index in [1.54, 1.807) is 12.1 Å². The molecule has 2 atom stereocenters. The van der Waals surface area contributed by atoms with Crippen molar-refractivity contribution in [2.45, 2.75) is 46.1 Å². The van der Waals surface area contributed by atoms with Gasteiger partial charge >= 0.3 is 5.97 Å². The van der Waals surface area contributed by atoms with E-state index in [-0.39, 0.29) is 30.4 Å². The van der Waals surface area contributed by atoms with Crippen LogP contribution in [-0.2, 0) is 14.3 Å². The number of hydrogen-bond acceptors (Lipinski definition) is 6. The minimum Gasteiger partial charge on any atom is -0.497 e. The number of carbonyl (C=O) groups excluding carboxylic acids is 2. The van der Waals surface area contributed by atoms with Gasteiger partial charge in [0.2, 0.25) is 0 Å². The second-order valence-electron chi connectivity index (χ2n) is 9.43. The maximum atomic E-state index is 13.6. The van der Waals surface area contributed by atoms with Gasteiger partial charge in [-0.3, -0.25) is 14.5 Å². The molecule has 186 valence electrons. The fourth-order valence-electron chi connectivity index (χ4n) is 4.97. The summed E-state index contributed by atoms with van der Waals surface area (Å²) in [7, 11) is 1.64. The van der Waals surface area contributed by atoms with Crippen LogP contribution in [-0.4, -0.2) is 60.8 Å². The number of hydrazone groups is 1. The monoisotopic (exact) mass is 477 g/mol. The number of benzene rings is 2. The number of aryl methyl sites for hydroxylation is 2. The predicted octanol–water partition coefficient (Wildman–Crippen LogP) is 4.26. The largest absolute Gasteiger partial charge is 0.497 e. The van der Waals surface area contributed by atoms with E-state index in [2.05, 4.69) is 36.9 Å². The number of hydrogen-bond donors (Lipinski definition) is 0. The molecule has 0 N–H and O–H groups in total. The molecule has 0 aliphatic carbocycles. The van der Waals surface area contributed by atoms with Crippen LogP contribution in [0.25, 0.3) is 0 Å². The lowest BCUT2D eigenvalue weighted by atomic mass is 9.95. The molecule has 0 aromatic heterocycles. The Kier molecular flexibility index (Phi) is 7.86. The van der Waals surface area contributed by atoms with E-state index < -0.39 is 0 Å². The second-order valence-corrected chi connectivity index (χ2v) is 9.43. The van der Waals surface area contributed by atoms with Gasteiger partial charge in [-0.1, -0.05) is 29.8 Å². The summed E-state index contributed by atoms with van der Waals surface area (Å²) >= 11 is 0. The molecule has 0 saturated carbocycles. The first kappa shape index (κ1) is 24.9. The number of carbonyl (C=O) groups is 2. The second kappa shape index (κ2) is 11.0. The highest BCUT2D eigenvalue weighted by atomic mass is 16.5. The van der Waals surface area contributed by atoms with Gasteiger partial charge in [0.05, 0.1) is 37.9 Å². The molecule has 0 bridgehead atoms. The molecule has 0 spiro atoms. The third kappa shape index (κ3) is 5.73. The Morgan fingerprint density at radius 1 is 1.14 bits per heavy atom. The molecule has 35 heavy (non-hydrogen) atoms. The van der Waals surface area contributed by atoms with E-state index in [1.165, 1.54) is 0 Å². The Bertz CT molecular complexity index is 1110. The molecule has 1 fully saturated rings. The molecule has 1 saturated heterocycles. The van der Waals surface area contributed by atoms with Gasteiger partial charge in [-0.05, 0) is 69.5 Å². The maximum Gasteiger partial charge on any atom is 0.310 e. The standard InChI is InChI=1S/C28H35N3O4/c1-5-35-28(33)22-9-7-13-30(17-22)18-27(32)31-26(21-8-6-10-23(15-21)34-4)16-25(29-31)24-14-19(2)11-12-20(24)3/h6,8,10-12,14-15,22,26H,5,7,9,13,16-18H2,1-4H3/t22-,26-/m0/s1. The van der Waals surface area contributed by atoms with Gasteiger partial charge in [-0.15, -0.1) is 0 Å². The van der Waals surface area contributed by atoms with Gasteiger partial charge in [0.1, 0.15) is 5.75 Å². The summed E-state index contributed by atoms with van der Waals surface area (Å²) < 4.78 is 10.7. The van der Waals surface area contributed by atoms with Gasteiger partial charge in [-0.25, -0.2) is 5.01 Å². The van der Waals surface area contributed by atoms with Crippen molar-refractivity contribution in [1.29, 1.82) is 0 Å². The molecule has 7 heteroatoms. The van der Waals surface area contributed by atoms with E-state index in [0.29, 0.717) is 19.6 Å². The predicted molar refractivity (Wildman–Crippen MR) is 135 cm³/mol. The van der Waals surface area contributed by atoms with Crippen molar-refractivity contribution >= 4 is 17.6 Å². The normalized spacial score (nSPS) is 20.5. The third-order valence-electron chi connectivity index (χ3n) is 6.83. The van der Waals surface area contributed by atoms with E-state index in [9.17, 15) is 9.59 Å². The third-order valence-corrected chi connectivity index (χ3v) is 6.83. The summed E-state index contributed by atoms with van der Waals surface area (Å²) in [6.45, 7) is 7.88. The van der Waals surface area contributed by atoms with Crippen LogP contribution >= 0.6 is 0 Å². The van der Waals surface area contributed by atoms with Crippen LogP contribution in [0, 0.1) is 19.8 Å². The Hall–Kier alpha value is -3.19. The summed E-state index contributed by atoms with van der Waals surface area (Å²) in [5, 5.41) is 6.50. The highest BCUT2D eigenvalue weighted by molar-refractivity contribution is 6.04. The number of amides is 1. The first-order valence-electron chi connectivity index (χ1n) is 12.4. The zero-order valence-corrected chi connectivity index (χ0v) is 21.1. The molecular weight excluding hydrogens is 442 g/mol. The number of ether oxygens (including phenoxy) is 2. The number of methoxy groups -OCH3 is 1. The topological polar surface area (TPSA) is 71.4 Å².